The largest absolute Gasteiger partial charge is 0.397 e. The van der Waals surface area contributed by atoms with Gasteiger partial charge in [-0.1, -0.05) is 0 Å². The molecule has 0 unspecified atom stereocenters. The lowest BCUT2D eigenvalue weighted by atomic mass is 10.2. The molecule has 0 spiro atoms. The molecule has 2 rings (SSSR count). The molecule has 0 radical (unpaired) electrons. The van der Waals surface area contributed by atoms with Gasteiger partial charge in [0.15, 0.2) is 0 Å². The Kier molecular flexibility index (Phi) is 3.58. The Bertz CT molecular complexity index is 617. The quantitative estimate of drug-likeness (QED) is 0.766. The minimum atomic E-state index is -3.36. The minimum absolute atomic E-state index is 0.101. The average Bonchev–Trinajstić information content (AvgIpc) is 2.74. The normalized spacial score (nSPS) is 11.7. The fraction of sp³-hybridized carbons (Fsp3) is 0.300. The van der Waals surface area contributed by atoms with Gasteiger partial charge in [0.05, 0.1) is 18.4 Å². The molecule has 2 heterocycles. The van der Waals surface area contributed by atoms with E-state index in [1.807, 2.05) is 5.32 Å². The fourth-order valence-electron chi connectivity index (χ4n) is 1.39. The molecular weight excluding hydrogens is 278 g/mol. The summed E-state index contributed by atoms with van der Waals surface area (Å²) in [7, 11) is 0. The van der Waals surface area contributed by atoms with Crippen molar-refractivity contribution in [2.45, 2.75) is 5.92 Å². The second kappa shape index (κ2) is 5.02. The van der Waals surface area contributed by atoms with Crippen LogP contribution >= 0.6 is 11.3 Å². The number of hydrogen-bond donors (Lipinski definition) is 3. The number of rotatable bonds is 4. The summed E-state index contributed by atoms with van der Waals surface area (Å²) in [6, 6.07) is 1.59. The van der Waals surface area contributed by atoms with Crippen LogP contribution < -0.4 is 11.1 Å². The van der Waals surface area contributed by atoms with E-state index in [0.717, 1.165) is 11.3 Å². The summed E-state index contributed by atoms with van der Waals surface area (Å²) in [5.74, 6) is -4.09. The van der Waals surface area contributed by atoms with Gasteiger partial charge >= 0.3 is 0 Å². The number of aromatic nitrogens is 2. The van der Waals surface area contributed by atoms with Crippen LogP contribution in [0.3, 0.4) is 0 Å². The number of alkyl halides is 2. The number of nitrogens with two attached hydrogens (primary N) is 1. The van der Waals surface area contributed by atoms with Crippen LogP contribution in [-0.4, -0.2) is 40.3 Å². The highest BCUT2D eigenvalue weighted by Gasteiger charge is 2.29. The maximum Gasteiger partial charge on any atom is 0.287 e. The highest BCUT2D eigenvalue weighted by molar-refractivity contribution is 7.21. The van der Waals surface area contributed by atoms with Crippen LogP contribution in [0, 0.1) is 0 Å². The maximum atomic E-state index is 12.8. The Morgan fingerprint density at radius 2 is 2.32 bits per heavy atom. The number of nitrogen functional groups attached to an aromatic ring is 1. The van der Waals surface area contributed by atoms with Crippen molar-refractivity contribution < 1.29 is 18.7 Å². The Labute approximate surface area is 110 Å². The second-order valence-corrected chi connectivity index (χ2v) is 4.79. The van der Waals surface area contributed by atoms with Gasteiger partial charge in [-0.05, 0) is 6.07 Å². The van der Waals surface area contributed by atoms with E-state index >= 15 is 0 Å². The lowest BCUT2D eigenvalue weighted by Gasteiger charge is -2.13. The topological polar surface area (TPSA) is 101 Å². The predicted octanol–water partition coefficient (Wildman–Crippen LogP) is 0.631. The van der Waals surface area contributed by atoms with Gasteiger partial charge in [-0.15, -0.1) is 16.4 Å². The van der Waals surface area contributed by atoms with Crippen molar-refractivity contribution in [3.05, 3.63) is 17.1 Å². The number of carbonyl (C=O) groups is 1. The molecule has 102 valence electrons. The summed E-state index contributed by atoms with van der Waals surface area (Å²) in [6.07, 6.45) is 1.42. The lowest BCUT2D eigenvalue weighted by Crippen LogP contribution is -2.38. The van der Waals surface area contributed by atoms with Crippen molar-refractivity contribution in [3.63, 3.8) is 0 Å². The molecule has 4 N–H and O–H groups in total. The van der Waals surface area contributed by atoms with Gasteiger partial charge in [-0.3, -0.25) is 4.79 Å². The summed E-state index contributed by atoms with van der Waals surface area (Å²) < 4.78 is 25.6. The number of thiophene rings is 1. The summed E-state index contributed by atoms with van der Waals surface area (Å²) in [4.78, 5) is 12.3. The van der Waals surface area contributed by atoms with Crippen molar-refractivity contribution >= 4 is 33.1 Å². The third-order valence-electron chi connectivity index (χ3n) is 2.37. The number of aliphatic hydroxyl groups is 1. The highest BCUT2D eigenvalue weighted by Crippen LogP contribution is 2.31. The van der Waals surface area contributed by atoms with Gasteiger partial charge in [0.2, 0.25) is 0 Å². The molecule has 0 saturated heterocycles. The average molecular weight is 288 g/mol. The molecule has 6 nitrogen and oxygen atoms in total. The molecule has 0 aliphatic rings. The summed E-state index contributed by atoms with van der Waals surface area (Å²) in [5.41, 5.74) is 5.94. The standard InChI is InChI=1S/C10H10F2N4O2S/c11-10(12,4-17)3-14-8(18)7-6(13)5-1-2-15-16-9(5)19-7/h1-2,17H,3-4,13H2,(H,14,18). The van der Waals surface area contributed by atoms with Gasteiger partial charge in [0.1, 0.15) is 16.3 Å². The molecule has 19 heavy (non-hydrogen) atoms. The third kappa shape index (κ3) is 2.76. The SMILES string of the molecule is Nc1c(C(=O)NCC(F)(F)CO)sc2nnccc12. The molecule has 9 heteroatoms. The number of anilines is 1. The van der Waals surface area contributed by atoms with Crippen molar-refractivity contribution in [3.8, 4) is 0 Å². The number of nitrogens with one attached hydrogen (secondary N) is 1. The van der Waals surface area contributed by atoms with Gasteiger partial charge < -0.3 is 16.2 Å². The smallest absolute Gasteiger partial charge is 0.287 e. The number of nitrogens with zero attached hydrogens (tertiary/aromatic N) is 2. The molecule has 2 aromatic heterocycles. The van der Waals surface area contributed by atoms with Crippen LogP contribution in [0.2, 0.25) is 0 Å². The summed E-state index contributed by atoms with van der Waals surface area (Å²) in [6.45, 7) is -2.29. The highest BCUT2D eigenvalue weighted by atomic mass is 32.1. The Morgan fingerprint density at radius 1 is 1.58 bits per heavy atom. The molecular formula is C10H10F2N4O2S. The van der Waals surface area contributed by atoms with E-state index in [4.69, 9.17) is 10.8 Å². The van der Waals surface area contributed by atoms with E-state index in [1.165, 1.54) is 6.20 Å². The first-order valence-corrected chi connectivity index (χ1v) is 6.03. The second-order valence-electron chi connectivity index (χ2n) is 3.79. The Balaban J connectivity index is 2.20. The Morgan fingerprint density at radius 3 is 2.95 bits per heavy atom. The lowest BCUT2D eigenvalue weighted by molar-refractivity contribution is -0.0461. The van der Waals surface area contributed by atoms with Crippen LogP contribution in [0.5, 0.6) is 0 Å². The van der Waals surface area contributed by atoms with Crippen LogP contribution in [0.4, 0.5) is 14.5 Å². The number of halogens is 2. The first-order chi connectivity index (χ1) is 8.94. The van der Waals surface area contributed by atoms with Crippen LogP contribution in [0.1, 0.15) is 9.67 Å². The van der Waals surface area contributed by atoms with Gasteiger partial charge in [-0.25, -0.2) is 8.78 Å². The monoisotopic (exact) mass is 288 g/mol. The van der Waals surface area contributed by atoms with Crippen molar-refractivity contribution in [2.24, 2.45) is 0 Å². The zero-order valence-corrected chi connectivity index (χ0v) is 10.4. The first kappa shape index (κ1) is 13.6. The Hall–Kier alpha value is -1.87. The molecule has 0 fully saturated rings. The molecule has 0 aromatic carbocycles. The third-order valence-corrected chi connectivity index (χ3v) is 3.47. The van der Waals surface area contributed by atoms with Crippen LogP contribution in [-0.2, 0) is 0 Å². The number of fused-ring (bicyclic) bond motifs is 1. The van der Waals surface area contributed by atoms with E-state index in [2.05, 4.69) is 10.2 Å². The van der Waals surface area contributed by atoms with E-state index in [1.54, 1.807) is 6.07 Å². The number of hydrogen-bond acceptors (Lipinski definition) is 6. The van der Waals surface area contributed by atoms with E-state index in [9.17, 15) is 13.6 Å². The van der Waals surface area contributed by atoms with Gasteiger partial charge in [0.25, 0.3) is 11.8 Å². The van der Waals surface area contributed by atoms with Crippen LogP contribution in [0.25, 0.3) is 10.2 Å². The fourth-order valence-corrected chi connectivity index (χ4v) is 2.34. The maximum absolute atomic E-state index is 12.8. The molecule has 2 aromatic rings. The number of aliphatic hydroxyl groups excluding tert-OH is 1. The van der Waals surface area contributed by atoms with Crippen LogP contribution in [0.15, 0.2) is 12.3 Å². The van der Waals surface area contributed by atoms with Crippen molar-refractivity contribution in [2.75, 3.05) is 18.9 Å². The number of carbonyl (C=O) groups excluding carboxylic acids is 1. The van der Waals surface area contributed by atoms with E-state index < -0.39 is 25.0 Å². The summed E-state index contributed by atoms with van der Waals surface area (Å²) in [5, 5.41) is 18.4. The summed E-state index contributed by atoms with van der Waals surface area (Å²) >= 11 is 0.972. The van der Waals surface area contributed by atoms with E-state index in [0.29, 0.717) is 10.2 Å². The molecule has 1 amide bonds. The molecule has 0 bridgehead atoms. The zero-order valence-electron chi connectivity index (χ0n) is 9.56. The van der Waals surface area contributed by atoms with E-state index in [-0.39, 0.29) is 10.6 Å². The minimum Gasteiger partial charge on any atom is -0.397 e. The van der Waals surface area contributed by atoms with Crippen molar-refractivity contribution in [1.29, 1.82) is 0 Å². The number of amides is 1. The van der Waals surface area contributed by atoms with Crippen molar-refractivity contribution in [1.82, 2.24) is 15.5 Å². The predicted molar refractivity (Wildman–Crippen MR) is 66.2 cm³/mol. The molecule has 0 aliphatic carbocycles. The van der Waals surface area contributed by atoms with Gasteiger partial charge in [0, 0.05) is 5.39 Å². The molecule has 0 atom stereocenters. The zero-order chi connectivity index (χ0) is 14.0. The molecule has 0 saturated carbocycles. The first-order valence-electron chi connectivity index (χ1n) is 5.21. The van der Waals surface area contributed by atoms with Gasteiger partial charge in [-0.2, -0.15) is 5.10 Å². The molecule has 0 aliphatic heterocycles.